The smallest absolute Gasteiger partial charge is 0.371 e. The maximum atomic E-state index is 11.2. The number of fused-ring (bicyclic) bond motifs is 1. The first-order valence-electron chi connectivity index (χ1n) is 6.22. The van der Waals surface area contributed by atoms with E-state index in [1.807, 2.05) is 12.1 Å². The third-order valence-electron chi connectivity index (χ3n) is 2.70. The van der Waals surface area contributed by atoms with Crippen LogP contribution in [0.1, 0.15) is 23.0 Å². The Morgan fingerprint density at radius 1 is 1.35 bits per heavy atom. The molecule has 106 valence electrons. The van der Waals surface area contributed by atoms with Crippen LogP contribution in [-0.4, -0.2) is 30.2 Å². The molecule has 0 atom stereocenters. The van der Waals surface area contributed by atoms with Crippen molar-refractivity contribution in [1.82, 2.24) is 5.32 Å². The Balaban J connectivity index is 2.00. The molecule has 0 saturated carbocycles. The largest absolute Gasteiger partial charge is 0.475 e. The van der Waals surface area contributed by atoms with E-state index in [-0.39, 0.29) is 18.3 Å². The highest BCUT2D eigenvalue weighted by Gasteiger charge is 2.10. The first-order chi connectivity index (χ1) is 9.60. The molecule has 0 aliphatic rings. The molecule has 0 aliphatic heterocycles. The number of carboxylic acids is 1. The van der Waals surface area contributed by atoms with Crippen molar-refractivity contribution < 1.29 is 23.8 Å². The van der Waals surface area contributed by atoms with Gasteiger partial charge < -0.3 is 19.6 Å². The van der Waals surface area contributed by atoms with Gasteiger partial charge in [0, 0.05) is 11.9 Å². The highest BCUT2D eigenvalue weighted by atomic mass is 16.5. The quantitative estimate of drug-likeness (QED) is 0.782. The second kappa shape index (κ2) is 6.21. The molecule has 6 nitrogen and oxygen atoms in total. The summed E-state index contributed by atoms with van der Waals surface area (Å²) in [5.74, 6) is -1.48. The van der Waals surface area contributed by atoms with E-state index in [0.29, 0.717) is 18.7 Å². The summed E-state index contributed by atoms with van der Waals surface area (Å²) < 4.78 is 9.96. The summed E-state index contributed by atoms with van der Waals surface area (Å²) in [6.45, 7) is 2.74. The second-order valence-electron chi connectivity index (χ2n) is 4.20. The van der Waals surface area contributed by atoms with Crippen LogP contribution in [0.3, 0.4) is 0 Å². The minimum Gasteiger partial charge on any atom is -0.475 e. The number of carbonyl (C=O) groups excluding carboxylic acids is 1. The van der Waals surface area contributed by atoms with Crippen LogP contribution < -0.4 is 5.32 Å². The third-order valence-corrected chi connectivity index (χ3v) is 2.70. The number of furan rings is 1. The van der Waals surface area contributed by atoms with Crippen LogP contribution in [0.25, 0.3) is 11.0 Å². The van der Waals surface area contributed by atoms with Crippen molar-refractivity contribution >= 4 is 22.9 Å². The Hall–Kier alpha value is -2.34. The number of benzene rings is 1. The lowest BCUT2D eigenvalue weighted by molar-refractivity contribution is -0.142. The van der Waals surface area contributed by atoms with E-state index in [1.165, 1.54) is 6.07 Å². The molecular formula is C14H15NO5. The third kappa shape index (κ3) is 3.36. The van der Waals surface area contributed by atoms with E-state index < -0.39 is 5.97 Å². The lowest BCUT2D eigenvalue weighted by Crippen LogP contribution is -2.24. The topological polar surface area (TPSA) is 88.8 Å². The molecule has 1 aromatic heterocycles. The van der Waals surface area contributed by atoms with Gasteiger partial charge in [-0.15, -0.1) is 0 Å². The van der Waals surface area contributed by atoms with Crippen molar-refractivity contribution in [3.8, 4) is 0 Å². The monoisotopic (exact) mass is 277 g/mol. The van der Waals surface area contributed by atoms with Gasteiger partial charge in [0.15, 0.2) is 0 Å². The molecule has 0 bridgehead atoms. The van der Waals surface area contributed by atoms with Crippen LogP contribution >= 0.6 is 0 Å². The number of hydrogen-bond acceptors (Lipinski definition) is 5. The van der Waals surface area contributed by atoms with E-state index >= 15 is 0 Å². The molecule has 2 rings (SSSR count). The number of carbonyl (C=O) groups is 2. The van der Waals surface area contributed by atoms with E-state index in [2.05, 4.69) is 5.32 Å². The summed E-state index contributed by atoms with van der Waals surface area (Å²) in [5, 5.41) is 12.5. The first-order valence-corrected chi connectivity index (χ1v) is 6.22. The predicted molar refractivity (Wildman–Crippen MR) is 71.5 cm³/mol. The van der Waals surface area contributed by atoms with Crippen molar-refractivity contribution in [2.75, 3.05) is 13.2 Å². The van der Waals surface area contributed by atoms with Gasteiger partial charge in [0.25, 0.3) is 0 Å². The van der Waals surface area contributed by atoms with Gasteiger partial charge in [0.05, 0.1) is 13.2 Å². The molecule has 2 aromatic rings. The van der Waals surface area contributed by atoms with Gasteiger partial charge in [-0.2, -0.15) is 0 Å². The Kier molecular flexibility index (Phi) is 4.37. The fraction of sp³-hybridized carbons (Fsp3) is 0.286. The molecule has 0 aliphatic carbocycles. The number of hydrogen-bond donors (Lipinski definition) is 2. The highest BCUT2D eigenvalue weighted by Crippen LogP contribution is 2.20. The number of rotatable bonds is 6. The number of carboxylic acid groups (broad SMARTS) is 1. The van der Waals surface area contributed by atoms with Gasteiger partial charge in [0.2, 0.25) is 5.76 Å². The lowest BCUT2D eigenvalue weighted by Gasteiger charge is -2.04. The zero-order valence-electron chi connectivity index (χ0n) is 11.0. The Labute approximate surface area is 115 Å². The molecular weight excluding hydrogens is 262 g/mol. The maximum Gasteiger partial charge on any atom is 0.371 e. The Morgan fingerprint density at radius 3 is 2.85 bits per heavy atom. The standard InChI is InChI=1S/C14H15NO5/c1-2-19-13(16)8-15-7-9-3-4-11-10(5-9)6-12(20-11)14(17)18/h3-6,15H,2,7-8H2,1H3,(H,17,18). The zero-order chi connectivity index (χ0) is 14.5. The van der Waals surface area contributed by atoms with E-state index in [4.69, 9.17) is 14.3 Å². The van der Waals surface area contributed by atoms with Crippen molar-refractivity contribution in [2.24, 2.45) is 0 Å². The molecule has 1 heterocycles. The number of nitrogens with one attached hydrogen (secondary N) is 1. The summed E-state index contributed by atoms with van der Waals surface area (Å²) in [6.07, 6.45) is 0. The second-order valence-corrected chi connectivity index (χ2v) is 4.20. The summed E-state index contributed by atoms with van der Waals surface area (Å²) in [7, 11) is 0. The molecule has 0 radical (unpaired) electrons. The fourth-order valence-electron chi connectivity index (χ4n) is 1.83. The van der Waals surface area contributed by atoms with Crippen LogP contribution in [0, 0.1) is 0 Å². The molecule has 2 N–H and O–H groups in total. The highest BCUT2D eigenvalue weighted by molar-refractivity contribution is 5.91. The summed E-state index contributed by atoms with van der Waals surface area (Å²) >= 11 is 0. The summed E-state index contributed by atoms with van der Waals surface area (Å²) in [5.41, 5.74) is 1.45. The van der Waals surface area contributed by atoms with Crippen molar-refractivity contribution in [3.63, 3.8) is 0 Å². The van der Waals surface area contributed by atoms with Crippen LogP contribution in [0.5, 0.6) is 0 Å². The van der Waals surface area contributed by atoms with Gasteiger partial charge in [0.1, 0.15) is 5.58 Å². The number of ether oxygens (including phenoxy) is 1. The Morgan fingerprint density at radius 2 is 2.15 bits per heavy atom. The van der Waals surface area contributed by atoms with Crippen molar-refractivity contribution in [1.29, 1.82) is 0 Å². The molecule has 0 fully saturated rings. The van der Waals surface area contributed by atoms with Gasteiger partial charge in [-0.3, -0.25) is 4.79 Å². The fourth-order valence-corrected chi connectivity index (χ4v) is 1.83. The average Bonchev–Trinajstić information content (AvgIpc) is 2.82. The van der Waals surface area contributed by atoms with E-state index in [0.717, 1.165) is 10.9 Å². The number of aromatic carboxylic acids is 1. The van der Waals surface area contributed by atoms with Gasteiger partial charge in [-0.25, -0.2) is 4.79 Å². The summed E-state index contributed by atoms with van der Waals surface area (Å²) in [6, 6.07) is 6.83. The first kappa shape index (κ1) is 14.1. The summed E-state index contributed by atoms with van der Waals surface area (Å²) in [4.78, 5) is 22.0. The van der Waals surface area contributed by atoms with Crippen molar-refractivity contribution in [3.05, 3.63) is 35.6 Å². The molecule has 6 heteroatoms. The molecule has 0 saturated heterocycles. The van der Waals surface area contributed by atoms with Gasteiger partial charge >= 0.3 is 11.9 Å². The zero-order valence-corrected chi connectivity index (χ0v) is 11.0. The minimum atomic E-state index is -1.09. The van der Waals surface area contributed by atoms with Gasteiger partial charge in [-0.1, -0.05) is 6.07 Å². The van der Waals surface area contributed by atoms with Crippen LogP contribution in [0.2, 0.25) is 0 Å². The number of esters is 1. The molecule has 1 aromatic carbocycles. The molecule has 0 spiro atoms. The SMILES string of the molecule is CCOC(=O)CNCc1ccc2oc(C(=O)O)cc2c1. The van der Waals surface area contributed by atoms with Crippen LogP contribution in [0.4, 0.5) is 0 Å². The van der Waals surface area contributed by atoms with E-state index in [1.54, 1.807) is 13.0 Å². The molecule has 20 heavy (non-hydrogen) atoms. The van der Waals surface area contributed by atoms with Crippen LogP contribution in [0.15, 0.2) is 28.7 Å². The molecule has 0 unspecified atom stereocenters. The normalized spacial score (nSPS) is 10.7. The lowest BCUT2D eigenvalue weighted by atomic mass is 10.1. The molecule has 0 amide bonds. The van der Waals surface area contributed by atoms with Gasteiger partial charge in [-0.05, 0) is 30.7 Å². The average molecular weight is 277 g/mol. The minimum absolute atomic E-state index is 0.0865. The van der Waals surface area contributed by atoms with E-state index in [9.17, 15) is 9.59 Å². The Bertz CT molecular complexity index is 632. The predicted octanol–water partition coefficient (Wildman–Crippen LogP) is 1.78. The van der Waals surface area contributed by atoms with Crippen molar-refractivity contribution in [2.45, 2.75) is 13.5 Å². The van der Waals surface area contributed by atoms with Crippen LogP contribution in [-0.2, 0) is 16.1 Å². The maximum absolute atomic E-state index is 11.2.